The first kappa shape index (κ1) is 41.7. The van der Waals surface area contributed by atoms with Crippen molar-refractivity contribution in [3.8, 4) is 33.6 Å². The first-order valence-corrected chi connectivity index (χ1v) is 20.7. The second-order valence-electron chi connectivity index (χ2n) is 15.2. The zero-order valence-electron chi connectivity index (χ0n) is 34.3. The number of likely N-dealkylation sites (tertiary alicyclic amines) is 2. The van der Waals surface area contributed by atoms with E-state index in [-0.39, 0.29) is 23.9 Å². The van der Waals surface area contributed by atoms with Crippen molar-refractivity contribution in [1.82, 2.24) is 45.3 Å². The standard InChI is InChI=1S/C45H53N9O6/c1-4-52(5-2)26-23-34(50-45(59)60-3)42(55)53-24-9-13-37(53)40-46-27-35(48-40)31-19-15-29(16-20-31)30-17-21-32(22-18-30)36-28-47-41(49-36)38-14-10-25-54(38)43(56)39(51-44(57)58)33-11-7-6-8-12-33/h6-8,11-12,15-22,27-28,34,37-39,51H,4-5,9-10,13-14,23-26H2,1-3H3,(H,46,48)(H,47,49)(H,50,59)(H,57,58)/t34-,37?,38-,39+/m0/s1. The number of imidazole rings is 2. The molecule has 7 rings (SSSR count). The smallest absolute Gasteiger partial charge is 0.407 e. The maximum Gasteiger partial charge on any atom is 0.407 e. The Hall–Kier alpha value is -6.48. The third kappa shape index (κ3) is 9.36. The van der Waals surface area contributed by atoms with Gasteiger partial charge in [0.2, 0.25) is 5.91 Å². The van der Waals surface area contributed by atoms with Crippen molar-refractivity contribution in [3.05, 3.63) is 108 Å². The lowest BCUT2D eigenvalue weighted by atomic mass is 10.0. The van der Waals surface area contributed by atoms with E-state index in [4.69, 9.17) is 9.72 Å². The van der Waals surface area contributed by atoms with Crippen molar-refractivity contribution in [2.24, 2.45) is 0 Å². The monoisotopic (exact) mass is 815 g/mol. The molecule has 2 saturated heterocycles. The van der Waals surface area contributed by atoms with Crippen LogP contribution in [-0.2, 0) is 14.3 Å². The first-order valence-electron chi connectivity index (χ1n) is 20.7. The summed E-state index contributed by atoms with van der Waals surface area (Å²) in [6.07, 6.45) is 5.29. The predicted molar refractivity (Wildman–Crippen MR) is 226 cm³/mol. The molecule has 5 aromatic rings. The molecule has 2 fully saturated rings. The lowest BCUT2D eigenvalue weighted by Crippen LogP contribution is -2.49. The summed E-state index contributed by atoms with van der Waals surface area (Å²) in [7, 11) is 1.30. The number of benzene rings is 3. The van der Waals surface area contributed by atoms with Gasteiger partial charge < -0.3 is 45.1 Å². The number of ether oxygens (including phenoxy) is 1. The van der Waals surface area contributed by atoms with E-state index < -0.39 is 24.3 Å². The Kier molecular flexibility index (Phi) is 13.2. The van der Waals surface area contributed by atoms with Crippen molar-refractivity contribution >= 4 is 24.0 Å². The van der Waals surface area contributed by atoms with E-state index in [0.29, 0.717) is 37.4 Å². The molecule has 5 N–H and O–H groups in total. The summed E-state index contributed by atoms with van der Waals surface area (Å²) in [6.45, 7) is 7.66. The molecule has 4 heterocycles. The number of hydrogen-bond donors (Lipinski definition) is 5. The Labute approximate surface area is 349 Å². The Balaban J connectivity index is 0.997. The number of nitrogens with zero attached hydrogens (tertiary/aromatic N) is 5. The minimum atomic E-state index is -1.26. The summed E-state index contributed by atoms with van der Waals surface area (Å²) >= 11 is 0. The van der Waals surface area contributed by atoms with Crippen molar-refractivity contribution < 1.29 is 29.0 Å². The maximum absolute atomic E-state index is 13.9. The van der Waals surface area contributed by atoms with Crippen LogP contribution < -0.4 is 10.6 Å². The van der Waals surface area contributed by atoms with Crippen molar-refractivity contribution in [2.75, 3.05) is 39.8 Å². The van der Waals surface area contributed by atoms with E-state index in [1.807, 2.05) is 35.2 Å². The van der Waals surface area contributed by atoms with Crippen LogP contribution in [0.5, 0.6) is 0 Å². The number of alkyl carbamates (subject to hydrolysis) is 1. The van der Waals surface area contributed by atoms with Gasteiger partial charge >= 0.3 is 12.2 Å². The van der Waals surface area contributed by atoms with Crippen LogP contribution >= 0.6 is 0 Å². The zero-order valence-corrected chi connectivity index (χ0v) is 34.3. The number of nitrogens with one attached hydrogen (secondary N) is 4. The molecule has 60 heavy (non-hydrogen) atoms. The molecule has 2 aliphatic heterocycles. The summed E-state index contributed by atoms with van der Waals surface area (Å²) in [5.41, 5.74) is 6.25. The van der Waals surface area contributed by atoms with E-state index in [9.17, 15) is 24.3 Å². The van der Waals surface area contributed by atoms with Gasteiger partial charge in [-0.05, 0) is 73.0 Å². The Morgan fingerprint density at radius 3 is 1.73 bits per heavy atom. The molecule has 2 aliphatic rings. The molecule has 4 amide bonds. The van der Waals surface area contributed by atoms with E-state index >= 15 is 0 Å². The summed E-state index contributed by atoms with van der Waals surface area (Å²) in [6, 6.07) is 23.1. The molecular formula is C45H53N9O6. The highest BCUT2D eigenvalue weighted by Crippen LogP contribution is 2.35. The first-order chi connectivity index (χ1) is 29.2. The number of aromatic nitrogens is 4. The third-order valence-electron chi connectivity index (χ3n) is 11.7. The van der Waals surface area contributed by atoms with Crippen molar-refractivity contribution in [3.63, 3.8) is 0 Å². The number of hydrogen-bond acceptors (Lipinski definition) is 8. The molecule has 0 radical (unpaired) electrons. The zero-order chi connectivity index (χ0) is 42.2. The number of carbonyl (C=O) groups excluding carboxylic acids is 3. The Bertz CT molecular complexity index is 2240. The quantitative estimate of drug-likeness (QED) is 0.0747. The number of amides is 4. The molecule has 4 atom stereocenters. The highest BCUT2D eigenvalue weighted by molar-refractivity contribution is 5.87. The predicted octanol–water partition coefficient (Wildman–Crippen LogP) is 6.93. The van der Waals surface area contributed by atoms with Gasteiger partial charge in [0.05, 0.1) is 43.0 Å². The van der Waals surface area contributed by atoms with Crippen LogP contribution in [0.1, 0.15) is 81.3 Å². The fourth-order valence-electron chi connectivity index (χ4n) is 8.35. The van der Waals surface area contributed by atoms with Crippen LogP contribution in [0.2, 0.25) is 0 Å². The molecule has 0 bridgehead atoms. The van der Waals surface area contributed by atoms with Gasteiger partial charge in [-0.25, -0.2) is 19.6 Å². The highest BCUT2D eigenvalue weighted by atomic mass is 16.5. The normalized spacial score (nSPS) is 17.4. The van der Waals surface area contributed by atoms with Crippen LogP contribution in [0.4, 0.5) is 9.59 Å². The number of aromatic amines is 2. The van der Waals surface area contributed by atoms with Gasteiger partial charge in [-0.15, -0.1) is 0 Å². The average Bonchev–Trinajstić information content (AvgIpc) is 4.13. The van der Waals surface area contributed by atoms with Gasteiger partial charge in [0.25, 0.3) is 5.91 Å². The topological polar surface area (TPSA) is 189 Å². The molecule has 1 unspecified atom stereocenters. The molecule has 2 aromatic heterocycles. The SMILES string of the molecule is CCN(CC)CC[C@H](NC(=O)OC)C(=O)N1CCCC1c1ncc(-c2ccc(-c3ccc(-c4cnc([C@@H]5CCCN5C(=O)[C@H](NC(=O)O)c5ccccc5)[nH]4)cc3)cc2)[nH]1. The molecule has 3 aromatic carbocycles. The summed E-state index contributed by atoms with van der Waals surface area (Å²) in [4.78, 5) is 73.5. The van der Waals surface area contributed by atoms with Crippen LogP contribution in [0.25, 0.3) is 33.6 Å². The van der Waals surface area contributed by atoms with Gasteiger partial charge in [0.15, 0.2) is 0 Å². The number of carboxylic acid groups (broad SMARTS) is 1. The minimum absolute atomic E-state index is 0.131. The summed E-state index contributed by atoms with van der Waals surface area (Å²) in [5.74, 6) is 0.948. The molecule has 314 valence electrons. The van der Waals surface area contributed by atoms with E-state index in [1.54, 1.807) is 41.6 Å². The van der Waals surface area contributed by atoms with Crippen LogP contribution in [0.3, 0.4) is 0 Å². The van der Waals surface area contributed by atoms with Gasteiger partial charge in [-0.2, -0.15) is 0 Å². The number of rotatable bonds is 15. The second-order valence-corrected chi connectivity index (χ2v) is 15.2. The summed E-state index contributed by atoms with van der Waals surface area (Å²) < 4.78 is 4.85. The largest absolute Gasteiger partial charge is 0.465 e. The van der Waals surface area contributed by atoms with Crippen LogP contribution in [0, 0.1) is 0 Å². The minimum Gasteiger partial charge on any atom is -0.465 e. The van der Waals surface area contributed by atoms with Crippen molar-refractivity contribution in [1.29, 1.82) is 0 Å². The third-order valence-corrected chi connectivity index (χ3v) is 11.7. The molecule has 15 heteroatoms. The average molecular weight is 816 g/mol. The molecule has 0 aliphatic carbocycles. The highest BCUT2D eigenvalue weighted by Gasteiger charge is 2.38. The van der Waals surface area contributed by atoms with Gasteiger partial charge in [0.1, 0.15) is 23.7 Å². The Morgan fingerprint density at radius 1 is 0.750 bits per heavy atom. The molecular weight excluding hydrogens is 763 g/mol. The van der Waals surface area contributed by atoms with Crippen LogP contribution in [-0.4, -0.2) is 110 Å². The molecule has 0 saturated carbocycles. The fourth-order valence-corrected chi connectivity index (χ4v) is 8.35. The van der Waals surface area contributed by atoms with Gasteiger partial charge in [-0.3, -0.25) is 9.59 Å². The second kappa shape index (κ2) is 19.1. The lowest BCUT2D eigenvalue weighted by Gasteiger charge is -2.29. The number of carbonyl (C=O) groups is 4. The number of methoxy groups -OCH3 is 1. The van der Waals surface area contributed by atoms with Crippen molar-refractivity contribution in [2.45, 2.75) is 70.1 Å². The summed E-state index contributed by atoms with van der Waals surface area (Å²) in [5, 5.41) is 14.7. The van der Waals surface area contributed by atoms with E-state index in [2.05, 4.69) is 68.6 Å². The number of H-pyrrole nitrogens is 2. The Morgan fingerprint density at radius 2 is 1.25 bits per heavy atom. The van der Waals surface area contributed by atoms with Gasteiger partial charge in [-0.1, -0.05) is 92.7 Å². The van der Waals surface area contributed by atoms with E-state index in [1.165, 1.54) is 7.11 Å². The van der Waals surface area contributed by atoms with E-state index in [0.717, 1.165) is 78.2 Å². The maximum atomic E-state index is 13.9. The molecule has 15 nitrogen and oxygen atoms in total. The van der Waals surface area contributed by atoms with Crippen LogP contribution in [0.15, 0.2) is 91.3 Å². The van der Waals surface area contributed by atoms with Gasteiger partial charge in [0, 0.05) is 19.6 Å². The lowest BCUT2D eigenvalue weighted by molar-refractivity contribution is -0.135. The fraction of sp³-hybridized carbons (Fsp3) is 0.378. The molecule has 0 spiro atoms.